The van der Waals surface area contributed by atoms with Crippen molar-refractivity contribution in [2.24, 2.45) is 0 Å². The Morgan fingerprint density at radius 1 is 1.17 bits per heavy atom. The molecule has 1 aliphatic rings. The first kappa shape index (κ1) is 20.4. The van der Waals surface area contributed by atoms with Crippen molar-refractivity contribution >= 4 is 16.9 Å². The van der Waals surface area contributed by atoms with E-state index in [-0.39, 0.29) is 11.1 Å². The number of hydrogen-bond acceptors (Lipinski definition) is 5. The lowest BCUT2D eigenvalue weighted by molar-refractivity contribution is 0.170. The monoisotopic (exact) mass is 402 g/mol. The number of H-pyrrole nitrogens is 1. The van der Waals surface area contributed by atoms with Gasteiger partial charge in [-0.05, 0) is 64.7 Å². The zero-order valence-corrected chi connectivity index (χ0v) is 18.2. The zero-order chi connectivity index (χ0) is 21.4. The standard InChI is InChI=1S/C24H30N6/c1-23(2)13-17(14-24(3,4)30-23)28-22-26-11-9-20(29-22)19-15-27-21-12-16(6-5-10-25)7-8-18(19)21/h7-9,11-12,15,17,27,30H,5-6,13-14H2,1-4H3,(H,26,28,29). The highest BCUT2D eigenvalue weighted by molar-refractivity contribution is 5.95. The molecule has 0 spiro atoms. The first-order valence-corrected chi connectivity index (χ1v) is 10.6. The molecule has 0 amide bonds. The second-order valence-corrected chi connectivity index (χ2v) is 9.65. The van der Waals surface area contributed by atoms with Gasteiger partial charge in [0, 0.05) is 52.4 Å². The van der Waals surface area contributed by atoms with E-state index in [9.17, 15) is 0 Å². The molecule has 3 heterocycles. The summed E-state index contributed by atoms with van der Waals surface area (Å²) >= 11 is 0. The van der Waals surface area contributed by atoms with Crippen LogP contribution in [0.15, 0.2) is 36.7 Å². The molecule has 3 aromatic rings. The average Bonchev–Trinajstić information content (AvgIpc) is 3.07. The normalized spacial score (nSPS) is 18.2. The molecule has 156 valence electrons. The average molecular weight is 403 g/mol. The van der Waals surface area contributed by atoms with Crippen LogP contribution in [0.1, 0.15) is 52.5 Å². The Morgan fingerprint density at radius 2 is 1.93 bits per heavy atom. The van der Waals surface area contributed by atoms with Crippen LogP contribution in [-0.2, 0) is 6.42 Å². The molecular weight excluding hydrogens is 372 g/mol. The molecule has 1 saturated heterocycles. The summed E-state index contributed by atoms with van der Waals surface area (Å²) in [4.78, 5) is 12.7. The van der Waals surface area contributed by atoms with Gasteiger partial charge >= 0.3 is 0 Å². The maximum Gasteiger partial charge on any atom is 0.223 e. The van der Waals surface area contributed by atoms with Crippen LogP contribution < -0.4 is 10.6 Å². The van der Waals surface area contributed by atoms with Crippen molar-refractivity contribution in [2.75, 3.05) is 5.32 Å². The van der Waals surface area contributed by atoms with E-state index in [0.717, 1.165) is 41.4 Å². The Morgan fingerprint density at radius 3 is 2.67 bits per heavy atom. The molecule has 4 rings (SSSR count). The van der Waals surface area contributed by atoms with Gasteiger partial charge in [0.25, 0.3) is 0 Å². The van der Waals surface area contributed by atoms with Gasteiger partial charge in [0.05, 0.1) is 11.8 Å². The van der Waals surface area contributed by atoms with Crippen molar-refractivity contribution in [3.05, 3.63) is 42.2 Å². The fourth-order valence-corrected chi connectivity index (χ4v) is 4.93. The van der Waals surface area contributed by atoms with Crippen molar-refractivity contribution in [2.45, 2.75) is 70.5 Å². The predicted molar refractivity (Wildman–Crippen MR) is 121 cm³/mol. The largest absolute Gasteiger partial charge is 0.360 e. The Labute approximate surface area is 178 Å². The van der Waals surface area contributed by atoms with Crippen molar-refractivity contribution in [1.29, 1.82) is 5.26 Å². The van der Waals surface area contributed by atoms with E-state index in [1.54, 1.807) is 0 Å². The zero-order valence-electron chi connectivity index (χ0n) is 18.2. The summed E-state index contributed by atoms with van der Waals surface area (Å²) in [5.41, 5.74) is 4.33. The van der Waals surface area contributed by atoms with Gasteiger partial charge in [-0.3, -0.25) is 0 Å². The van der Waals surface area contributed by atoms with Crippen LogP contribution in [0.5, 0.6) is 0 Å². The highest BCUT2D eigenvalue weighted by Gasteiger charge is 2.37. The molecule has 0 saturated carbocycles. The van der Waals surface area contributed by atoms with Crippen LogP contribution in [0.4, 0.5) is 5.95 Å². The van der Waals surface area contributed by atoms with Crippen LogP contribution in [0.25, 0.3) is 22.2 Å². The molecule has 6 heteroatoms. The molecule has 2 aromatic heterocycles. The van der Waals surface area contributed by atoms with E-state index >= 15 is 0 Å². The van der Waals surface area contributed by atoms with E-state index in [0.29, 0.717) is 18.4 Å². The van der Waals surface area contributed by atoms with Crippen molar-refractivity contribution in [3.63, 3.8) is 0 Å². The first-order chi connectivity index (χ1) is 14.2. The van der Waals surface area contributed by atoms with Gasteiger partial charge in [-0.2, -0.15) is 5.26 Å². The van der Waals surface area contributed by atoms with Crippen LogP contribution in [0.3, 0.4) is 0 Å². The highest BCUT2D eigenvalue weighted by Crippen LogP contribution is 2.31. The summed E-state index contributed by atoms with van der Waals surface area (Å²) < 4.78 is 0. The Bertz CT molecular complexity index is 1070. The summed E-state index contributed by atoms with van der Waals surface area (Å²) in [6.07, 6.45) is 7.16. The maximum absolute atomic E-state index is 8.81. The van der Waals surface area contributed by atoms with Crippen LogP contribution in [0.2, 0.25) is 0 Å². The molecule has 1 aromatic carbocycles. The number of aromatic nitrogens is 3. The molecule has 6 nitrogen and oxygen atoms in total. The van der Waals surface area contributed by atoms with Gasteiger partial charge in [-0.25, -0.2) is 9.97 Å². The Hall–Kier alpha value is -2.91. The second kappa shape index (κ2) is 7.73. The number of nitriles is 1. The molecular formula is C24H30N6. The van der Waals surface area contributed by atoms with Crippen LogP contribution in [0, 0.1) is 11.3 Å². The topological polar surface area (TPSA) is 89.4 Å². The van der Waals surface area contributed by atoms with E-state index in [4.69, 9.17) is 10.2 Å². The van der Waals surface area contributed by atoms with Gasteiger partial charge in [0.15, 0.2) is 0 Å². The number of nitrogens with one attached hydrogen (secondary N) is 3. The van der Waals surface area contributed by atoms with Crippen molar-refractivity contribution in [1.82, 2.24) is 20.3 Å². The molecule has 1 fully saturated rings. The minimum absolute atomic E-state index is 0.0666. The summed E-state index contributed by atoms with van der Waals surface area (Å²) in [7, 11) is 0. The van der Waals surface area contributed by atoms with Gasteiger partial charge < -0.3 is 15.6 Å². The molecule has 0 bridgehead atoms. The Kier molecular flexibility index (Phi) is 5.25. The number of rotatable bonds is 5. The van der Waals surface area contributed by atoms with Gasteiger partial charge in [0.2, 0.25) is 5.95 Å². The number of nitrogens with zero attached hydrogens (tertiary/aromatic N) is 3. The fourth-order valence-electron chi connectivity index (χ4n) is 4.93. The molecule has 30 heavy (non-hydrogen) atoms. The number of anilines is 1. The van der Waals surface area contributed by atoms with E-state index in [1.165, 1.54) is 5.56 Å². The second-order valence-electron chi connectivity index (χ2n) is 9.65. The predicted octanol–water partition coefficient (Wildman–Crippen LogP) is 4.80. The first-order valence-electron chi connectivity index (χ1n) is 10.6. The summed E-state index contributed by atoms with van der Waals surface area (Å²) in [5.74, 6) is 0.672. The minimum atomic E-state index is 0.0666. The van der Waals surface area contributed by atoms with Crippen LogP contribution >= 0.6 is 0 Å². The lowest BCUT2D eigenvalue weighted by Crippen LogP contribution is -2.60. The third kappa shape index (κ3) is 4.47. The van der Waals surface area contributed by atoms with E-state index in [1.807, 2.05) is 18.5 Å². The summed E-state index contributed by atoms with van der Waals surface area (Å²) in [6.45, 7) is 8.99. The maximum atomic E-state index is 8.81. The quantitative estimate of drug-likeness (QED) is 0.570. The molecule has 0 radical (unpaired) electrons. The minimum Gasteiger partial charge on any atom is -0.360 e. The fraction of sp³-hybridized carbons (Fsp3) is 0.458. The highest BCUT2D eigenvalue weighted by atomic mass is 15.1. The molecule has 0 unspecified atom stereocenters. The van der Waals surface area contributed by atoms with Gasteiger partial charge in [-0.1, -0.05) is 12.1 Å². The Balaban J connectivity index is 1.57. The number of fused-ring (bicyclic) bond motifs is 1. The van der Waals surface area contributed by atoms with Gasteiger partial charge in [-0.15, -0.1) is 0 Å². The van der Waals surface area contributed by atoms with E-state index in [2.05, 4.69) is 72.6 Å². The number of benzene rings is 1. The van der Waals surface area contributed by atoms with E-state index < -0.39 is 0 Å². The molecule has 1 aliphatic heterocycles. The number of aromatic amines is 1. The third-order valence-electron chi connectivity index (χ3n) is 5.73. The summed E-state index contributed by atoms with van der Waals surface area (Å²) in [6, 6.07) is 10.8. The van der Waals surface area contributed by atoms with Crippen molar-refractivity contribution in [3.8, 4) is 17.3 Å². The van der Waals surface area contributed by atoms with Crippen molar-refractivity contribution < 1.29 is 0 Å². The SMILES string of the molecule is CC1(C)CC(Nc2nccc(-c3c[nH]c4cc(CCC#N)ccc34)n2)CC(C)(C)N1. The molecule has 3 N–H and O–H groups in total. The molecule has 0 aliphatic carbocycles. The number of aryl methyl sites for hydroxylation is 1. The smallest absolute Gasteiger partial charge is 0.223 e. The lowest BCUT2D eigenvalue weighted by Gasteiger charge is -2.46. The summed E-state index contributed by atoms with van der Waals surface area (Å²) in [5, 5.41) is 17.2. The lowest BCUT2D eigenvalue weighted by atomic mass is 9.80. The number of hydrogen-bond donors (Lipinski definition) is 3. The van der Waals surface area contributed by atoms with Gasteiger partial charge in [0.1, 0.15) is 0 Å². The third-order valence-corrected chi connectivity index (χ3v) is 5.73. The van der Waals surface area contributed by atoms with Crippen LogP contribution in [-0.4, -0.2) is 32.1 Å². The number of piperidine rings is 1. The molecule has 0 atom stereocenters.